The number of nitrogens with zero attached hydrogens (tertiary/aromatic N) is 2. The van der Waals surface area contributed by atoms with Gasteiger partial charge >= 0.3 is 0 Å². The largest absolute Gasteiger partial charge is 0.370 e. The number of nitrogens with two attached hydrogens (primary N) is 3. The van der Waals surface area contributed by atoms with Crippen molar-refractivity contribution in [3.05, 3.63) is 42.6 Å². The molecule has 0 aliphatic carbocycles. The second-order valence-corrected chi connectivity index (χ2v) is 4.50. The van der Waals surface area contributed by atoms with E-state index in [0.717, 1.165) is 11.9 Å². The first kappa shape index (κ1) is 20.5. The Balaban J connectivity index is 0.000000380. The van der Waals surface area contributed by atoms with Gasteiger partial charge in [0.25, 0.3) is 0 Å². The second kappa shape index (κ2) is 13.2. The van der Waals surface area contributed by atoms with Crippen molar-refractivity contribution in [2.24, 2.45) is 22.2 Å². The Morgan fingerprint density at radius 2 is 1.78 bits per heavy atom. The quantitative estimate of drug-likeness (QED) is 0.441. The predicted octanol–water partition coefficient (Wildman–Crippen LogP) is 1.83. The van der Waals surface area contributed by atoms with Crippen LogP contribution in [0.25, 0.3) is 10.9 Å². The van der Waals surface area contributed by atoms with Gasteiger partial charge in [0.2, 0.25) is 0 Å². The molecule has 126 valence electrons. The molecule has 23 heavy (non-hydrogen) atoms. The van der Waals surface area contributed by atoms with Gasteiger partial charge in [0.1, 0.15) is 5.78 Å². The van der Waals surface area contributed by atoms with E-state index in [1.54, 1.807) is 0 Å². The third kappa shape index (κ3) is 9.97. The third-order valence-corrected chi connectivity index (χ3v) is 2.81. The first-order valence-electron chi connectivity index (χ1n) is 7.58. The maximum absolute atomic E-state index is 10.7. The van der Waals surface area contributed by atoms with Crippen molar-refractivity contribution in [2.75, 3.05) is 13.6 Å². The summed E-state index contributed by atoms with van der Waals surface area (Å²) in [5, 5.41) is 1.20. The molecule has 0 unspecified atom stereocenters. The molecule has 0 bridgehead atoms. The van der Waals surface area contributed by atoms with Crippen molar-refractivity contribution < 1.29 is 4.79 Å². The van der Waals surface area contributed by atoms with E-state index in [0.29, 0.717) is 19.4 Å². The summed E-state index contributed by atoms with van der Waals surface area (Å²) in [6, 6.07) is 12.1. The number of Topliss-reactive ketones (excluding diaryl/α,β-unsaturated/α-hetero) is 1. The average Bonchev–Trinajstić information content (AvgIpc) is 2.60. The van der Waals surface area contributed by atoms with Crippen molar-refractivity contribution in [1.82, 2.24) is 4.98 Å². The molecule has 0 saturated heterocycles. The number of carbonyl (C=O) groups excluding carboxylic acids is 1. The molecule has 1 aromatic heterocycles. The van der Waals surface area contributed by atoms with Crippen molar-refractivity contribution in [2.45, 2.75) is 26.2 Å². The van der Waals surface area contributed by atoms with Gasteiger partial charge in [0.05, 0.1) is 5.52 Å². The maximum Gasteiger partial charge on any atom is 0.185 e. The standard InChI is InChI=1S/C9H7N.C7H15N3O.CH5N/c1-2-6-9-8(4-1)5-3-7-10-9;1-2-6(11)4-3-5-10-7(8)9;1-2/h1-7H;2-5H2,1H3,(H4,8,9,10);2H2,1H3. The molecular weight excluding hydrogens is 290 g/mol. The van der Waals surface area contributed by atoms with Crippen molar-refractivity contribution in [1.29, 1.82) is 0 Å². The van der Waals surface area contributed by atoms with Crippen LogP contribution in [-0.2, 0) is 4.79 Å². The van der Waals surface area contributed by atoms with Gasteiger partial charge in [-0.15, -0.1) is 0 Å². The summed E-state index contributed by atoms with van der Waals surface area (Å²) in [4.78, 5) is 18.7. The lowest BCUT2D eigenvalue weighted by Crippen LogP contribution is -2.23. The highest BCUT2D eigenvalue weighted by atomic mass is 16.1. The number of rotatable bonds is 5. The summed E-state index contributed by atoms with van der Waals surface area (Å²) < 4.78 is 0. The molecule has 0 aliphatic rings. The topological polar surface area (TPSA) is 120 Å². The zero-order chi connectivity index (χ0) is 17.5. The lowest BCUT2D eigenvalue weighted by Gasteiger charge is -1.94. The minimum atomic E-state index is 0.0916. The maximum atomic E-state index is 10.7. The number of guanidine groups is 1. The molecule has 0 amide bonds. The number of ketones is 1. The molecule has 1 aromatic carbocycles. The van der Waals surface area contributed by atoms with Gasteiger partial charge in [0.15, 0.2) is 5.96 Å². The van der Waals surface area contributed by atoms with Gasteiger partial charge in [-0.3, -0.25) is 14.8 Å². The monoisotopic (exact) mass is 317 g/mol. The lowest BCUT2D eigenvalue weighted by atomic mass is 10.2. The van der Waals surface area contributed by atoms with Crippen LogP contribution in [0.2, 0.25) is 0 Å². The molecule has 0 aliphatic heterocycles. The second-order valence-electron chi connectivity index (χ2n) is 4.50. The molecule has 6 heteroatoms. The van der Waals surface area contributed by atoms with Crippen LogP contribution in [-0.4, -0.2) is 30.3 Å². The van der Waals surface area contributed by atoms with Gasteiger partial charge in [-0.05, 0) is 25.6 Å². The number of para-hydroxylation sites is 1. The van der Waals surface area contributed by atoms with Gasteiger partial charge in [-0.2, -0.15) is 0 Å². The molecule has 1 heterocycles. The van der Waals surface area contributed by atoms with Crippen LogP contribution in [0.5, 0.6) is 0 Å². The van der Waals surface area contributed by atoms with E-state index in [4.69, 9.17) is 11.5 Å². The third-order valence-electron chi connectivity index (χ3n) is 2.81. The summed E-state index contributed by atoms with van der Waals surface area (Å²) in [6.45, 7) is 2.40. The van der Waals surface area contributed by atoms with Crippen LogP contribution < -0.4 is 17.2 Å². The highest BCUT2D eigenvalue weighted by Gasteiger charge is 1.95. The van der Waals surface area contributed by atoms with E-state index in [9.17, 15) is 4.79 Å². The highest BCUT2D eigenvalue weighted by molar-refractivity contribution is 5.78. The zero-order valence-electron chi connectivity index (χ0n) is 13.9. The minimum absolute atomic E-state index is 0.0916. The van der Waals surface area contributed by atoms with Crippen LogP contribution in [0.3, 0.4) is 0 Å². The van der Waals surface area contributed by atoms with Crippen LogP contribution in [0, 0.1) is 0 Å². The molecule has 2 aromatic rings. The molecule has 0 saturated carbocycles. The summed E-state index contributed by atoms with van der Waals surface area (Å²) >= 11 is 0. The smallest absolute Gasteiger partial charge is 0.185 e. The summed E-state index contributed by atoms with van der Waals surface area (Å²) in [5.41, 5.74) is 15.7. The fraction of sp³-hybridized carbons (Fsp3) is 0.353. The number of hydrogen-bond donors (Lipinski definition) is 3. The Morgan fingerprint density at radius 1 is 1.13 bits per heavy atom. The van der Waals surface area contributed by atoms with Gasteiger partial charge in [-0.1, -0.05) is 31.2 Å². The van der Waals surface area contributed by atoms with Gasteiger partial charge < -0.3 is 17.2 Å². The first-order valence-corrected chi connectivity index (χ1v) is 7.58. The van der Waals surface area contributed by atoms with E-state index in [1.165, 1.54) is 12.4 Å². The number of fused-ring (bicyclic) bond motifs is 1. The van der Waals surface area contributed by atoms with Crippen LogP contribution in [0.1, 0.15) is 26.2 Å². The van der Waals surface area contributed by atoms with Crippen LogP contribution >= 0.6 is 0 Å². The van der Waals surface area contributed by atoms with E-state index in [2.05, 4.69) is 27.8 Å². The normalized spacial score (nSPS) is 9.00. The Morgan fingerprint density at radius 3 is 2.39 bits per heavy atom. The first-order chi connectivity index (χ1) is 11.1. The Hall–Kier alpha value is -2.47. The highest BCUT2D eigenvalue weighted by Crippen LogP contribution is 2.07. The molecule has 6 nitrogen and oxygen atoms in total. The molecule has 2 rings (SSSR count). The molecule has 6 N–H and O–H groups in total. The molecule has 0 radical (unpaired) electrons. The van der Waals surface area contributed by atoms with E-state index in [1.807, 2.05) is 37.4 Å². The Bertz CT molecular complexity index is 529. The molecule has 0 fully saturated rings. The van der Waals surface area contributed by atoms with Gasteiger partial charge in [-0.25, -0.2) is 0 Å². The molecule has 0 spiro atoms. The summed E-state index contributed by atoms with van der Waals surface area (Å²) in [6.07, 6.45) is 3.72. The fourth-order valence-corrected chi connectivity index (χ4v) is 1.68. The minimum Gasteiger partial charge on any atom is -0.370 e. The SMILES string of the molecule is CCC(=O)CCCN=C(N)N.CN.c1ccc2ncccc2c1. The Kier molecular flexibility index (Phi) is 11.8. The zero-order valence-corrected chi connectivity index (χ0v) is 13.9. The van der Waals surface area contributed by atoms with Crippen LogP contribution in [0.15, 0.2) is 47.6 Å². The summed E-state index contributed by atoms with van der Waals surface area (Å²) in [5.74, 6) is 0.352. The van der Waals surface area contributed by atoms with Crippen molar-refractivity contribution in [3.63, 3.8) is 0 Å². The predicted molar refractivity (Wildman–Crippen MR) is 97.1 cm³/mol. The number of aliphatic imine (C=N–C) groups is 1. The number of hydrogen-bond acceptors (Lipinski definition) is 4. The average molecular weight is 317 g/mol. The lowest BCUT2D eigenvalue weighted by molar-refractivity contribution is -0.118. The van der Waals surface area contributed by atoms with E-state index < -0.39 is 0 Å². The number of carbonyl (C=O) groups is 1. The van der Waals surface area contributed by atoms with E-state index in [-0.39, 0.29) is 11.7 Å². The number of aromatic nitrogens is 1. The van der Waals surface area contributed by atoms with E-state index >= 15 is 0 Å². The number of benzene rings is 1. The molecular formula is C17H27N5O. The number of pyridine rings is 1. The van der Waals surface area contributed by atoms with Gasteiger partial charge in [0, 0.05) is 31.0 Å². The molecule has 0 atom stereocenters. The van der Waals surface area contributed by atoms with Crippen LogP contribution in [0.4, 0.5) is 0 Å². The van der Waals surface area contributed by atoms with Crippen molar-refractivity contribution >= 4 is 22.6 Å². The summed E-state index contributed by atoms with van der Waals surface area (Å²) in [7, 11) is 1.50. The van der Waals surface area contributed by atoms with Crippen molar-refractivity contribution in [3.8, 4) is 0 Å². The Labute approximate surface area is 137 Å². The fourth-order valence-electron chi connectivity index (χ4n) is 1.68.